The minimum absolute atomic E-state index is 0.140. The van der Waals surface area contributed by atoms with Crippen molar-refractivity contribution < 1.29 is 9.47 Å². The maximum absolute atomic E-state index is 12.5. The van der Waals surface area contributed by atoms with Crippen LogP contribution in [0.3, 0.4) is 0 Å². The molecule has 5 nitrogen and oxygen atoms in total. The van der Waals surface area contributed by atoms with Crippen molar-refractivity contribution in [2.75, 3.05) is 14.2 Å². The van der Waals surface area contributed by atoms with Gasteiger partial charge >= 0.3 is 0 Å². The summed E-state index contributed by atoms with van der Waals surface area (Å²) in [6, 6.07) is 7.88. The van der Waals surface area contributed by atoms with Gasteiger partial charge < -0.3 is 14.0 Å². The first-order valence-corrected chi connectivity index (χ1v) is 8.13. The van der Waals surface area contributed by atoms with Gasteiger partial charge in [0.2, 0.25) is 0 Å². The van der Waals surface area contributed by atoms with E-state index >= 15 is 0 Å². The van der Waals surface area contributed by atoms with Gasteiger partial charge in [-0.2, -0.15) is 0 Å². The highest BCUT2D eigenvalue weighted by atomic mass is 16.5. The molecule has 2 aromatic carbocycles. The molecule has 0 N–H and O–H groups in total. The van der Waals surface area contributed by atoms with Crippen molar-refractivity contribution >= 4 is 11.0 Å². The number of hydrogen-bond acceptors (Lipinski definition) is 4. The minimum atomic E-state index is -0.140. The molecule has 1 aromatic heterocycles. The van der Waals surface area contributed by atoms with Crippen LogP contribution in [0.1, 0.15) is 22.3 Å². The van der Waals surface area contributed by atoms with E-state index in [1.165, 1.54) is 22.9 Å². The number of rotatable bonds is 4. The third kappa shape index (κ3) is 3.09. The lowest BCUT2D eigenvalue weighted by Gasteiger charge is -2.16. The molecule has 0 aliphatic rings. The first-order chi connectivity index (χ1) is 11.9. The molecule has 5 heteroatoms. The van der Waals surface area contributed by atoms with E-state index in [-0.39, 0.29) is 5.56 Å². The normalized spacial score (nSPS) is 10.9. The molecule has 0 spiro atoms. The van der Waals surface area contributed by atoms with E-state index in [2.05, 4.69) is 37.9 Å². The highest BCUT2D eigenvalue weighted by Crippen LogP contribution is 2.31. The third-order valence-corrected chi connectivity index (χ3v) is 4.51. The van der Waals surface area contributed by atoms with Crippen LogP contribution in [0.4, 0.5) is 0 Å². The van der Waals surface area contributed by atoms with Crippen LogP contribution < -0.4 is 15.0 Å². The molecule has 0 aliphatic heterocycles. The summed E-state index contributed by atoms with van der Waals surface area (Å²) >= 11 is 0. The monoisotopic (exact) mass is 338 g/mol. The molecule has 0 radical (unpaired) electrons. The lowest BCUT2D eigenvalue weighted by Crippen LogP contribution is -2.22. The topological polar surface area (TPSA) is 53.3 Å². The van der Waals surface area contributed by atoms with Gasteiger partial charge in [0, 0.05) is 12.1 Å². The van der Waals surface area contributed by atoms with E-state index in [9.17, 15) is 4.79 Å². The number of benzene rings is 2. The Kier molecular flexibility index (Phi) is 4.49. The fourth-order valence-electron chi connectivity index (χ4n) is 3.27. The zero-order valence-corrected chi connectivity index (χ0v) is 15.2. The first kappa shape index (κ1) is 17.0. The largest absolute Gasteiger partial charge is 0.493 e. The lowest BCUT2D eigenvalue weighted by molar-refractivity contribution is 0.355. The number of hydrogen-bond donors (Lipinski definition) is 0. The van der Waals surface area contributed by atoms with Gasteiger partial charge in [-0.1, -0.05) is 17.7 Å². The van der Waals surface area contributed by atoms with E-state index in [0.717, 1.165) is 11.1 Å². The zero-order valence-electron chi connectivity index (χ0n) is 15.2. The van der Waals surface area contributed by atoms with Crippen LogP contribution in [-0.4, -0.2) is 23.8 Å². The van der Waals surface area contributed by atoms with Gasteiger partial charge in [0.05, 0.1) is 38.0 Å². The van der Waals surface area contributed by atoms with Gasteiger partial charge in [-0.3, -0.25) is 4.79 Å². The zero-order chi connectivity index (χ0) is 18.1. The Balaban J connectivity index is 2.22. The number of methoxy groups -OCH3 is 2. The predicted octanol–water partition coefficient (Wildman–Crippen LogP) is 3.39. The van der Waals surface area contributed by atoms with Gasteiger partial charge in [0.25, 0.3) is 5.56 Å². The maximum Gasteiger partial charge on any atom is 0.269 e. The molecule has 0 bridgehead atoms. The second-order valence-electron chi connectivity index (χ2n) is 6.26. The van der Waals surface area contributed by atoms with Crippen LogP contribution in [-0.2, 0) is 6.54 Å². The molecule has 0 atom stereocenters. The van der Waals surface area contributed by atoms with Crippen molar-refractivity contribution in [3.8, 4) is 11.5 Å². The highest BCUT2D eigenvalue weighted by Gasteiger charge is 2.13. The smallest absolute Gasteiger partial charge is 0.269 e. The minimum Gasteiger partial charge on any atom is -0.493 e. The van der Waals surface area contributed by atoms with Gasteiger partial charge in [-0.15, -0.1) is 0 Å². The Hall–Kier alpha value is -2.82. The first-order valence-electron chi connectivity index (χ1n) is 8.13. The van der Waals surface area contributed by atoms with Gasteiger partial charge in [0.1, 0.15) is 0 Å². The van der Waals surface area contributed by atoms with E-state index in [1.54, 1.807) is 30.9 Å². The van der Waals surface area contributed by atoms with E-state index < -0.39 is 0 Å². The van der Waals surface area contributed by atoms with Crippen molar-refractivity contribution in [1.82, 2.24) is 9.55 Å². The Labute approximate surface area is 146 Å². The molecule has 0 unspecified atom stereocenters. The van der Waals surface area contributed by atoms with Crippen LogP contribution in [0.25, 0.3) is 11.0 Å². The van der Waals surface area contributed by atoms with E-state index in [1.807, 2.05) is 0 Å². The Morgan fingerprint density at radius 2 is 1.56 bits per heavy atom. The predicted molar refractivity (Wildman–Crippen MR) is 98.9 cm³/mol. The van der Waals surface area contributed by atoms with Crippen molar-refractivity contribution in [3.05, 3.63) is 63.1 Å². The summed E-state index contributed by atoms with van der Waals surface area (Å²) in [6.45, 7) is 6.72. The van der Waals surface area contributed by atoms with Crippen molar-refractivity contribution in [2.45, 2.75) is 27.3 Å². The van der Waals surface area contributed by atoms with E-state index in [4.69, 9.17) is 9.47 Å². The molecule has 0 fully saturated rings. The highest BCUT2D eigenvalue weighted by molar-refractivity contribution is 5.79. The summed E-state index contributed by atoms with van der Waals surface area (Å²) < 4.78 is 12.4. The molecule has 25 heavy (non-hydrogen) atoms. The van der Waals surface area contributed by atoms with Crippen LogP contribution in [0, 0.1) is 20.8 Å². The summed E-state index contributed by atoms with van der Waals surface area (Å²) in [7, 11) is 3.16. The van der Waals surface area contributed by atoms with Crippen molar-refractivity contribution in [2.24, 2.45) is 0 Å². The number of ether oxygens (including phenoxy) is 2. The van der Waals surface area contributed by atoms with Gasteiger partial charge in [-0.05, 0) is 37.5 Å². The summed E-state index contributed by atoms with van der Waals surface area (Å²) in [5.41, 5.74) is 6.00. The number of fused-ring (bicyclic) bond motifs is 1. The van der Waals surface area contributed by atoms with Gasteiger partial charge in [-0.25, -0.2) is 4.98 Å². The standard InChI is InChI=1S/C20H22N2O3/c1-12-6-13(2)15(14(3)7-12)11-22-17-9-19(25-5)18(24-4)8-16(17)21-10-20(22)23/h6-10H,11H2,1-5H3. The molecule has 3 rings (SSSR count). The summed E-state index contributed by atoms with van der Waals surface area (Å²) in [4.78, 5) is 16.8. The molecule has 0 saturated heterocycles. The fourth-order valence-corrected chi connectivity index (χ4v) is 3.27. The molecule has 0 saturated carbocycles. The SMILES string of the molecule is COc1cc2ncc(=O)n(Cc3c(C)cc(C)cc3C)c2cc1OC. The average molecular weight is 338 g/mol. The number of aromatic nitrogens is 2. The number of nitrogens with zero attached hydrogens (tertiary/aromatic N) is 2. The summed E-state index contributed by atoms with van der Waals surface area (Å²) in [6.07, 6.45) is 1.35. The van der Waals surface area contributed by atoms with E-state index in [0.29, 0.717) is 23.6 Å². The second-order valence-corrected chi connectivity index (χ2v) is 6.26. The Morgan fingerprint density at radius 1 is 0.960 bits per heavy atom. The third-order valence-electron chi connectivity index (χ3n) is 4.51. The van der Waals surface area contributed by atoms with Gasteiger partial charge in [0.15, 0.2) is 11.5 Å². The Morgan fingerprint density at radius 3 is 2.16 bits per heavy atom. The molecule has 130 valence electrons. The quantitative estimate of drug-likeness (QED) is 0.732. The van der Waals surface area contributed by atoms with Crippen LogP contribution in [0.2, 0.25) is 0 Å². The van der Waals surface area contributed by atoms with Crippen LogP contribution in [0.5, 0.6) is 11.5 Å². The summed E-state index contributed by atoms with van der Waals surface area (Å²) in [5, 5.41) is 0. The molecular formula is C20H22N2O3. The maximum atomic E-state index is 12.5. The van der Waals surface area contributed by atoms with Crippen molar-refractivity contribution in [1.29, 1.82) is 0 Å². The molecule has 1 heterocycles. The number of aryl methyl sites for hydroxylation is 3. The van der Waals surface area contributed by atoms with Crippen LogP contribution >= 0.6 is 0 Å². The summed E-state index contributed by atoms with van der Waals surface area (Å²) in [5.74, 6) is 1.17. The second kappa shape index (κ2) is 6.59. The average Bonchev–Trinajstić information content (AvgIpc) is 2.58. The Bertz CT molecular complexity index is 983. The lowest BCUT2D eigenvalue weighted by atomic mass is 9.99. The van der Waals surface area contributed by atoms with Crippen LogP contribution in [0.15, 0.2) is 35.3 Å². The molecule has 0 aliphatic carbocycles. The van der Waals surface area contributed by atoms with Crippen molar-refractivity contribution in [3.63, 3.8) is 0 Å². The molecular weight excluding hydrogens is 316 g/mol. The fraction of sp³-hybridized carbons (Fsp3) is 0.300. The molecule has 0 amide bonds. The molecule has 3 aromatic rings.